The maximum absolute atomic E-state index is 12.4. The Hall–Kier alpha value is -1.79. The standard InChI is InChI=1S/C18H24N4OS/c1-13-5-6-14(17(10-13)24-2)11-20-18(23)16-7-9-22(21-16)15-4-3-8-19-12-15/h5-7,9-10,15,19H,3-4,8,11-12H2,1-2H3,(H,20,23). The minimum atomic E-state index is -0.120. The molecular weight excluding hydrogens is 320 g/mol. The predicted molar refractivity (Wildman–Crippen MR) is 97.5 cm³/mol. The summed E-state index contributed by atoms with van der Waals surface area (Å²) in [6.07, 6.45) is 6.22. The number of rotatable bonds is 5. The molecular formula is C18H24N4OS. The summed E-state index contributed by atoms with van der Waals surface area (Å²) in [6.45, 7) is 4.59. The number of carbonyl (C=O) groups is 1. The number of thioether (sulfide) groups is 1. The van der Waals surface area contributed by atoms with E-state index in [-0.39, 0.29) is 5.91 Å². The quantitative estimate of drug-likeness (QED) is 0.819. The lowest BCUT2D eigenvalue weighted by Gasteiger charge is -2.22. The molecule has 0 aliphatic carbocycles. The average molecular weight is 344 g/mol. The molecule has 2 aromatic rings. The summed E-state index contributed by atoms with van der Waals surface area (Å²) in [6, 6.07) is 8.45. The molecule has 0 radical (unpaired) electrons. The van der Waals surface area contributed by atoms with E-state index in [2.05, 4.69) is 47.1 Å². The molecule has 1 aromatic carbocycles. The number of hydrogen-bond donors (Lipinski definition) is 2. The van der Waals surface area contributed by atoms with Crippen LogP contribution in [0.4, 0.5) is 0 Å². The average Bonchev–Trinajstić information content (AvgIpc) is 3.11. The maximum Gasteiger partial charge on any atom is 0.272 e. The molecule has 0 saturated carbocycles. The van der Waals surface area contributed by atoms with Crippen molar-refractivity contribution in [2.45, 2.75) is 37.2 Å². The number of aryl methyl sites for hydroxylation is 1. The van der Waals surface area contributed by atoms with Crippen LogP contribution in [0.1, 0.15) is 40.5 Å². The number of hydrogen-bond acceptors (Lipinski definition) is 4. The SMILES string of the molecule is CSc1cc(C)ccc1CNC(=O)c1ccn(C2CCCNC2)n1. The normalized spacial score (nSPS) is 17.7. The second-order valence-electron chi connectivity index (χ2n) is 6.18. The third-order valence-electron chi connectivity index (χ3n) is 4.37. The summed E-state index contributed by atoms with van der Waals surface area (Å²) < 4.78 is 1.92. The molecule has 1 unspecified atom stereocenters. The number of carbonyl (C=O) groups excluding carboxylic acids is 1. The summed E-state index contributed by atoms with van der Waals surface area (Å²) in [5.41, 5.74) is 2.85. The van der Waals surface area contributed by atoms with Gasteiger partial charge >= 0.3 is 0 Å². The molecule has 2 N–H and O–H groups in total. The summed E-state index contributed by atoms with van der Waals surface area (Å²) in [7, 11) is 0. The van der Waals surface area contributed by atoms with Crippen LogP contribution in [-0.2, 0) is 6.54 Å². The van der Waals surface area contributed by atoms with Crippen molar-refractivity contribution >= 4 is 17.7 Å². The third-order valence-corrected chi connectivity index (χ3v) is 5.19. The molecule has 2 heterocycles. The minimum absolute atomic E-state index is 0.120. The molecule has 6 heteroatoms. The third kappa shape index (κ3) is 3.99. The summed E-state index contributed by atoms with van der Waals surface area (Å²) >= 11 is 1.70. The highest BCUT2D eigenvalue weighted by molar-refractivity contribution is 7.98. The lowest BCUT2D eigenvalue weighted by Crippen LogP contribution is -2.32. The molecule has 1 aliphatic rings. The molecule has 0 bridgehead atoms. The highest BCUT2D eigenvalue weighted by Gasteiger charge is 2.17. The molecule has 3 rings (SSSR count). The number of nitrogens with one attached hydrogen (secondary N) is 2. The van der Waals surface area contributed by atoms with E-state index in [0.29, 0.717) is 18.3 Å². The van der Waals surface area contributed by atoms with Crippen molar-refractivity contribution in [1.29, 1.82) is 0 Å². The molecule has 1 fully saturated rings. The van der Waals surface area contributed by atoms with Gasteiger partial charge in [-0.1, -0.05) is 12.1 Å². The topological polar surface area (TPSA) is 59.0 Å². The van der Waals surface area contributed by atoms with E-state index in [1.54, 1.807) is 17.8 Å². The van der Waals surface area contributed by atoms with Gasteiger partial charge in [0.15, 0.2) is 0 Å². The van der Waals surface area contributed by atoms with Crippen LogP contribution in [0.2, 0.25) is 0 Å². The van der Waals surface area contributed by atoms with E-state index in [1.165, 1.54) is 10.5 Å². The van der Waals surface area contributed by atoms with E-state index < -0.39 is 0 Å². The molecule has 24 heavy (non-hydrogen) atoms. The first kappa shape index (κ1) is 17.0. The van der Waals surface area contributed by atoms with Gasteiger partial charge < -0.3 is 10.6 Å². The van der Waals surface area contributed by atoms with Gasteiger partial charge in [-0.25, -0.2) is 0 Å². The van der Waals surface area contributed by atoms with Crippen molar-refractivity contribution in [3.8, 4) is 0 Å². The molecule has 1 atom stereocenters. The Bertz CT molecular complexity index is 707. The zero-order valence-electron chi connectivity index (χ0n) is 14.2. The van der Waals surface area contributed by atoms with Crippen molar-refractivity contribution < 1.29 is 4.79 Å². The van der Waals surface area contributed by atoms with Crippen LogP contribution < -0.4 is 10.6 Å². The van der Waals surface area contributed by atoms with Crippen LogP contribution in [0, 0.1) is 6.92 Å². The lowest BCUT2D eigenvalue weighted by molar-refractivity contribution is 0.0944. The van der Waals surface area contributed by atoms with Gasteiger partial charge in [-0.15, -0.1) is 11.8 Å². The van der Waals surface area contributed by atoms with Gasteiger partial charge in [-0.05, 0) is 55.8 Å². The monoisotopic (exact) mass is 344 g/mol. The Morgan fingerprint density at radius 3 is 3.08 bits per heavy atom. The van der Waals surface area contributed by atoms with Gasteiger partial charge in [0.1, 0.15) is 5.69 Å². The van der Waals surface area contributed by atoms with Gasteiger partial charge in [0.2, 0.25) is 0 Å². The van der Waals surface area contributed by atoms with Crippen LogP contribution in [0.25, 0.3) is 0 Å². The molecule has 5 nitrogen and oxygen atoms in total. The highest BCUT2D eigenvalue weighted by Crippen LogP contribution is 2.22. The summed E-state index contributed by atoms with van der Waals surface area (Å²) in [4.78, 5) is 13.6. The van der Waals surface area contributed by atoms with E-state index in [9.17, 15) is 4.79 Å². The number of benzene rings is 1. The Balaban J connectivity index is 1.62. The van der Waals surface area contributed by atoms with Crippen LogP contribution >= 0.6 is 11.8 Å². The van der Waals surface area contributed by atoms with E-state index >= 15 is 0 Å². The predicted octanol–water partition coefficient (Wildman–Crippen LogP) is 2.77. The first-order valence-corrected chi connectivity index (χ1v) is 9.57. The van der Waals surface area contributed by atoms with Gasteiger partial charge in [0.25, 0.3) is 5.91 Å². The minimum Gasteiger partial charge on any atom is -0.347 e. The van der Waals surface area contributed by atoms with Crippen molar-refractivity contribution in [3.63, 3.8) is 0 Å². The van der Waals surface area contributed by atoms with Crippen molar-refractivity contribution in [3.05, 3.63) is 47.3 Å². The zero-order valence-corrected chi connectivity index (χ0v) is 15.0. The Kier molecular flexibility index (Phi) is 5.58. The molecule has 1 amide bonds. The highest BCUT2D eigenvalue weighted by atomic mass is 32.2. The number of piperidine rings is 1. The molecule has 1 saturated heterocycles. The van der Waals surface area contributed by atoms with Crippen LogP contribution in [0.15, 0.2) is 35.4 Å². The number of amides is 1. The van der Waals surface area contributed by atoms with Crippen molar-refractivity contribution in [2.75, 3.05) is 19.3 Å². The summed E-state index contributed by atoms with van der Waals surface area (Å²) in [5, 5.41) is 10.8. The molecule has 1 aromatic heterocycles. The Labute approximate surface area is 147 Å². The largest absolute Gasteiger partial charge is 0.347 e. The maximum atomic E-state index is 12.4. The molecule has 0 spiro atoms. The number of nitrogens with zero attached hydrogens (tertiary/aromatic N) is 2. The number of aromatic nitrogens is 2. The fourth-order valence-corrected chi connectivity index (χ4v) is 3.69. The first-order valence-electron chi connectivity index (χ1n) is 8.35. The van der Waals surface area contributed by atoms with Gasteiger partial charge in [-0.2, -0.15) is 5.10 Å². The first-order chi connectivity index (χ1) is 11.7. The van der Waals surface area contributed by atoms with Crippen molar-refractivity contribution in [2.24, 2.45) is 0 Å². The van der Waals surface area contributed by atoms with E-state index in [4.69, 9.17) is 0 Å². The Morgan fingerprint density at radius 1 is 1.46 bits per heavy atom. The Morgan fingerprint density at radius 2 is 2.33 bits per heavy atom. The van der Waals surface area contributed by atoms with Gasteiger partial charge in [-0.3, -0.25) is 9.48 Å². The summed E-state index contributed by atoms with van der Waals surface area (Å²) in [5.74, 6) is -0.120. The van der Waals surface area contributed by atoms with Crippen LogP contribution in [0.5, 0.6) is 0 Å². The van der Waals surface area contributed by atoms with E-state index in [1.807, 2.05) is 10.9 Å². The van der Waals surface area contributed by atoms with E-state index in [0.717, 1.165) is 31.5 Å². The fraction of sp³-hybridized carbons (Fsp3) is 0.444. The second kappa shape index (κ2) is 7.85. The smallest absolute Gasteiger partial charge is 0.272 e. The van der Waals surface area contributed by atoms with Crippen LogP contribution in [0.3, 0.4) is 0 Å². The second-order valence-corrected chi connectivity index (χ2v) is 7.03. The lowest BCUT2D eigenvalue weighted by atomic mass is 10.1. The van der Waals surface area contributed by atoms with Gasteiger partial charge in [0, 0.05) is 24.2 Å². The van der Waals surface area contributed by atoms with Gasteiger partial charge in [0.05, 0.1) is 6.04 Å². The van der Waals surface area contributed by atoms with Crippen LogP contribution in [-0.4, -0.2) is 35.0 Å². The molecule has 128 valence electrons. The zero-order chi connectivity index (χ0) is 16.9. The van der Waals surface area contributed by atoms with Crippen molar-refractivity contribution in [1.82, 2.24) is 20.4 Å². The molecule has 1 aliphatic heterocycles. The fourth-order valence-electron chi connectivity index (χ4n) is 2.99.